The molecule has 10 heteroatoms. The number of unbranched alkanes of at least 4 members (excludes halogenated alkanes) is 4. The number of aromatic nitrogens is 4. The van der Waals surface area contributed by atoms with Crippen LogP contribution < -0.4 is 15.9 Å². The van der Waals surface area contributed by atoms with Crippen LogP contribution in [-0.2, 0) is 0 Å². The first-order valence-corrected chi connectivity index (χ1v) is 12.0. The Labute approximate surface area is 206 Å². The van der Waals surface area contributed by atoms with Crippen LogP contribution in [0.3, 0.4) is 0 Å². The lowest BCUT2D eigenvalue weighted by molar-refractivity contribution is 0.103. The van der Waals surface area contributed by atoms with Crippen LogP contribution in [0.25, 0.3) is 22.6 Å². The molecule has 2 aromatic heterocycles. The minimum Gasteiger partial charge on any atom is -0.494 e. The molecular formula is C25H26ClN5O4. The van der Waals surface area contributed by atoms with Crippen LogP contribution in [0.4, 0.5) is 5.69 Å². The van der Waals surface area contributed by atoms with E-state index in [1.54, 1.807) is 43.3 Å². The molecule has 0 amide bonds. The molecule has 0 atom stereocenters. The second-order valence-corrected chi connectivity index (χ2v) is 8.64. The molecule has 0 saturated carbocycles. The molecule has 0 unspecified atom stereocenters. The highest BCUT2D eigenvalue weighted by molar-refractivity contribution is 6.17. The molecule has 2 heterocycles. The minimum absolute atomic E-state index is 0.0287. The summed E-state index contributed by atoms with van der Waals surface area (Å²) in [6.07, 6.45) is 5.38. The van der Waals surface area contributed by atoms with Gasteiger partial charge in [0.05, 0.1) is 17.6 Å². The lowest BCUT2D eigenvalue weighted by atomic mass is 9.98. The van der Waals surface area contributed by atoms with Crippen LogP contribution in [0.5, 0.6) is 5.75 Å². The minimum atomic E-state index is -0.463. The van der Waals surface area contributed by atoms with Crippen molar-refractivity contribution >= 4 is 34.0 Å². The Morgan fingerprint density at radius 2 is 1.86 bits per heavy atom. The van der Waals surface area contributed by atoms with Gasteiger partial charge in [0.2, 0.25) is 17.0 Å². The molecule has 0 aliphatic carbocycles. The summed E-state index contributed by atoms with van der Waals surface area (Å²) in [6, 6.07) is 10.2. The van der Waals surface area contributed by atoms with Crippen LogP contribution in [0, 0.1) is 6.92 Å². The summed E-state index contributed by atoms with van der Waals surface area (Å²) in [5.41, 5.74) is 6.91. The molecule has 0 saturated heterocycles. The van der Waals surface area contributed by atoms with Crippen molar-refractivity contribution < 1.29 is 13.9 Å². The number of carbonyl (C=O) groups excluding carboxylic acids is 1. The monoisotopic (exact) mass is 495 g/mol. The number of halogens is 1. The molecular weight excluding hydrogens is 470 g/mol. The van der Waals surface area contributed by atoms with E-state index in [-0.39, 0.29) is 39.6 Å². The third-order valence-electron chi connectivity index (χ3n) is 5.63. The highest BCUT2D eigenvalue weighted by atomic mass is 35.5. The van der Waals surface area contributed by atoms with Crippen molar-refractivity contribution in [3.63, 3.8) is 0 Å². The van der Waals surface area contributed by atoms with E-state index in [4.69, 9.17) is 26.5 Å². The normalized spacial score (nSPS) is 11.1. The molecule has 0 aliphatic heterocycles. The molecule has 0 spiro atoms. The number of ether oxygens (including phenoxy) is 1. The van der Waals surface area contributed by atoms with Gasteiger partial charge in [-0.2, -0.15) is 5.21 Å². The van der Waals surface area contributed by atoms with Gasteiger partial charge in [0, 0.05) is 11.4 Å². The Morgan fingerprint density at radius 1 is 1.11 bits per heavy atom. The van der Waals surface area contributed by atoms with E-state index in [1.807, 2.05) is 0 Å². The topological polar surface area (TPSA) is 137 Å². The van der Waals surface area contributed by atoms with Crippen molar-refractivity contribution in [3.8, 4) is 17.3 Å². The zero-order valence-electron chi connectivity index (χ0n) is 19.3. The second-order valence-electron chi connectivity index (χ2n) is 8.26. The maximum atomic E-state index is 13.4. The van der Waals surface area contributed by atoms with Crippen molar-refractivity contribution in [1.82, 2.24) is 20.6 Å². The number of ketones is 1. The highest BCUT2D eigenvalue weighted by Gasteiger charge is 2.22. The van der Waals surface area contributed by atoms with Gasteiger partial charge < -0.3 is 14.9 Å². The first-order valence-electron chi connectivity index (χ1n) is 11.4. The van der Waals surface area contributed by atoms with Gasteiger partial charge in [-0.1, -0.05) is 19.3 Å². The number of nitrogens with one attached hydrogen (secondary N) is 1. The van der Waals surface area contributed by atoms with Crippen molar-refractivity contribution in [2.24, 2.45) is 0 Å². The summed E-state index contributed by atoms with van der Waals surface area (Å²) >= 11 is 5.69. The summed E-state index contributed by atoms with van der Waals surface area (Å²) in [4.78, 5) is 26.4. The van der Waals surface area contributed by atoms with Crippen molar-refractivity contribution in [2.75, 3.05) is 18.2 Å². The standard InChI is InChI=1S/C25H26ClN5O4/c1-15-13-18(23-19(14-15)22(33)20(27)24(35-23)25-28-30-31-29-25)21(32)16-7-9-17(10-8-16)34-12-6-4-2-3-5-11-26/h7-10,13-14H,2-6,11-12,27H2,1H3,(H,28,29,30,31). The fourth-order valence-electron chi connectivity index (χ4n) is 3.82. The van der Waals surface area contributed by atoms with Crippen LogP contribution >= 0.6 is 11.6 Å². The van der Waals surface area contributed by atoms with Gasteiger partial charge in [-0.3, -0.25) is 9.59 Å². The molecule has 9 nitrogen and oxygen atoms in total. The Kier molecular flexibility index (Phi) is 7.77. The van der Waals surface area contributed by atoms with Gasteiger partial charge in [-0.15, -0.1) is 21.8 Å². The van der Waals surface area contributed by atoms with Gasteiger partial charge in [0.1, 0.15) is 17.0 Å². The SMILES string of the molecule is Cc1cc(C(=O)c2ccc(OCCCCCCCCl)cc2)c2oc(-c3nn[nH]n3)c(N)c(=O)c2c1. The van der Waals surface area contributed by atoms with E-state index >= 15 is 0 Å². The number of anilines is 1. The van der Waals surface area contributed by atoms with Gasteiger partial charge in [0.15, 0.2) is 5.78 Å². The van der Waals surface area contributed by atoms with Crippen LogP contribution in [0.1, 0.15) is 53.6 Å². The van der Waals surface area contributed by atoms with Crippen molar-refractivity contribution in [3.05, 3.63) is 63.3 Å². The molecule has 35 heavy (non-hydrogen) atoms. The average Bonchev–Trinajstić information content (AvgIpc) is 3.40. The molecule has 2 aromatic carbocycles. The molecule has 3 N–H and O–H groups in total. The summed E-state index contributed by atoms with van der Waals surface area (Å²) in [6.45, 7) is 2.41. The number of aromatic amines is 1. The number of rotatable bonds is 11. The second kappa shape index (κ2) is 11.1. The Hall–Kier alpha value is -3.72. The molecule has 0 radical (unpaired) electrons. The van der Waals surface area contributed by atoms with Gasteiger partial charge in [-0.05, 0) is 66.9 Å². The summed E-state index contributed by atoms with van der Waals surface area (Å²) in [5.74, 6) is 1.09. The molecule has 0 fully saturated rings. The van der Waals surface area contributed by atoms with E-state index in [0.717, 1.165) is 37.7 Å². The number of carbonyl (C=O) groups is 1. The number of nitrogens with two attached hydrogens (primary N) is 1. The first kappa shape index (κ1) is 24.4. The van der Waals surface area contributed by atoms with E-state index in [0.29, 0.717) is 23.8 Å². The van der Waals surface area contributed by atoms with Crippen molar-refractivity contribution in [2.45, 2.75) is 39.0 Å². The lowest BCUT2D eigenvalue weighted by Crippen LogP contribution is -2.13. The first-order chi connectivity index (χ1) is 17.0. The van der Waals surface area contributed by atoms with Crippen molar-refractivity contribution in [1.29, 1.82) is 0 Å². The number of hydrogen-bond donors (Lipinski definition) is 2. The quantitative estimate of drug-likeness (QED) is 0.174. The van der Waals surface area contributed by atoms with E-state index in [1.165, 1.54) is 0 Å². The predicted octanol–water partition coefficient (Wildman–Crippen LogP) is 4.66. The number of hydrogen-bond acceptors (Lipinski definition) is 8. The third-order valence-corrected chi connectivity index (χ3v) is 5.89. The maximum Gasteiger partial charge on any atom is 0.242 e. The Balaban J connectivity index is 1.56. The number of nitrogens with zero attached hydrogens (tertiary/aromatic N) is 3. The number of H-pyrrole nitrogens is 1. The fourth-order valence-corrected chi connectivity index (χ4v) is 4.01. The number of benzene rings is 2. The molecule has 4 aromatic rings. The van der Waals surface area contributed by atoms with Gasteiger partial charge in [-0.25, -0.2) is 0 Å². The zero-order chi connectivity index (χ0) is 24.8. The number of tetrazole rings is 1. The predicted molar refractivity (Wildman–Crippen MR) is 134 cm³/mol. The van der Waals surface area contributed by atoms with Crippen LogP contribution in [-0.4, -0.2) is 38.9 Å². The largest absolute Gasteiger partial charge is 0.494 e. The Bertz CT molecular complexity index is 1370. The number of nitrogen functional groups attached to an aromatic ring is 1. The van der Waals surface area contributed by atoms with Crippen LogP contribution in [0.15, 0.2) is 45.6 Å². The molecule has 182 valence electrons. The number of aryl methyl sites for hydroxylation is 1. The van der Waals surface area contributed by atoms with Crippen LogP contribution in [0.2, 0.25) is 0 Å². The number of alkyl halides is 1. The highest BCUT2D eigenvalue weighted by Crippen LogP contribution is 2.29. The van der Waals surface area contributed by atoms with E-state index in [2.05, 4.69) is 20.6 Å². The third kappa shape index (κ3) is 5.51. The van der Waals surface area contributed by atoms with Gasteiger partial charge in [0.25, 0.3) is 0 Å². The maximum absolute atomic E-state index is 13.4. The number of fused-ring (bicyclic) bond motifs is 1. The zero-order valence-corrected chi connectivity index (χ0v) is 20.1. The molecule has 0 bridgehead atoms. The van der Waals surface area contributed by atoms with E-state index < -0.39 is 5.43 Å². The Morgan fingerprint density at radius 3 is 2.57 bits per heavy atom. The summed E-state index contributed by atoms with van der Waals surface area (Å²) < 4.78 is 11.7. The smallest absolute Gasteiger partial charge is 0.242 e. The average molecular weight is 496 g/mol. The van der Waals surface area contributed by atoms with Gasteiger partial charge >= 0.3 is 0 Å². The lowest BCUT2D eigenvalue weighted by Gasteiger charge is -2.10. The fraction of sp³-hybridized carbons (Fsp3) is 0.320. The van der Waals surface area contributed by atoms with E-state index in [9.17, 15) is 9.59 Å². The molecule has 4 rings (SSSR count). The molecule has 0 aliphatic rings. The summed E-state index contributed by atoms with van der Waals surface area (Å²) in [5, 5.41) is 13.7. The summed E-state index contributed by atoms with van der Waals surface area (Å²) in [7, 11) is 0.